The first kappa shape index (κ1) is 16.9. The van der Waals surface area contributed by atoms with Crippen molar-refractivity contribution >= 4 is 5.91 Å². The maximum atomic E-state index is 12.3. The van der Waals surface area contributed by atoms with Crippen LogP contribution in [0.1, 0.15) is 0 Å². The number of carbonyl (C=O) groups excluding carboxylic acids is 1. The van der Waals surface area contributed by atoms with Crippen molar-refractivity contribution in [1.29, 1.82) is 0 Å². The Hall–Kier alpha value is -1.91. The van der Waals surface area contributed by atoms with E-state index in [9.17, 15) is 20.1 Å². The molecule has 0 saturated carbocycles. The lowest BCUT2D eigenvalue weighted by atomic mass is 9.97. The van der Waals surface area contributed by atoms with Crippen molar-refractivity contribution in [2.24, 2.45) is 0 Å². The van der Waals surface area contributed by atoms with Gasteiger partial charge in [-0.3, -0.25) is 4.79 Å². The predicted octanol–water partition coefficient (Wildman–Crippen LogP) is -2.26. The molecule has 1 fully saturated rings. The van der Waals surface area contributed by atoms with Gasteiger partial charge in [0.15, 0.2) is 17.8 Å². The Labute approximate surface area is 137 Å². The van der Waals surface area contributed by atoms with E-state index in [4.69, 9.17) is 19.3 Å². The highest BCUT2D eigenvalue weighted by atomic mass is 16.6. The van der Waals surface area contributed by atoms with Crippen LogP contribution in [0, 0.1) is 0 Å². The van der Waals surface area contributed by atoms with E-state index in [1.165, 1.54) is 0 Å². The van der Waals surface area contributed by atoms with E-state index in [1.807, 2.05) is 0 Å². The van der Waals surface area contributed by atoms with Gasteiger partial charge in [-0.1, -0.05) is 12.1 Å². The van der Waals surface area contributed by atoms with Crippen LogP contribution in [0.2, 0.25) is 0 Å². The van der Waals surface area contributed by atoms with E-state index in [-0.39, 0.29) is 6.61 Å². The van der Waals surface area contributed by atoms with Gasteiger partial charge in [0.05, 0.1) is 6.61 Å². The molecule has 9 nitrogen and oxygen atoms in total. The third-order valence-electron chi connectivity index (χ3n) is 4.01. The number of rotatable bonds is 3. The van der Waals surface area contributed by atoms with Crippen LogP contribution in [-0.4, -0.2) is 76.3 Å². The lowest BCUT2D eigenvalue weighted by Gasteiger charge is -2.40. The SMILES string of the molecule is O=C(NC1C(O)O[C@H](CO)C(O)[C@@H]1O)C1COc2ccccc2O1. The molecule has 6 atom stereocenters. The van der Waals surface area contributed by atoms with Gasteiger partial charge in [0.1, 0.15) is 31.0 Å². The monoisotopic (exact) mass is 341 g/mol. The van der Waals surface area contributed by atoms with Crippen molar-refractivity contribution in [3.8, 4) is 11.5 Å². The molecular formula is C15H19NO8. The fourth-order valence-corrected chi connectivity index (χ4v) is 2.66. The third kappa shape index (κ3) is 3.17. The van der Waals surface area contributed by atoms with Crippen LogP contribution in [0.25, 0.3) is 0 Å². The number of amides is 1. The number of aliphatic hydroxyl groups is 4. The first-order valence-electron chi connectivity index (χ1n) is 7.50. The molecular weight excluding hydrogens is 322 g/mol. The molecule has 132 valence electrons. The Morgan fingerprint density at radius 1 is 1.17 bits per heavy atom. The zero-order chi connectivity index (χ0) is 17.3. The highest BCUT2D eigenvalue weighted by Gasteiger charge is 2.45. The maximum absolute atomic E-state index is 12.3. The Morgan fingerprint density at radius 2 is 1.88 bits per heavy atom. The van der Waals surface area contributed by atoms with Gasteiger partial charge in [-0.2, -0.15) is 0 Å². The Bertz CT molecular complexity index is 597. The second-order valence-electron chi connectivity index (χ2n) is 5.63. The molecule has 0 spiro atoms. The first-order chi connectivity index (χ1) is 11.5. The Kier molecular flexibility index (Phi) is 4.88. The van der Waals surface area contributed by atoms with E-state index in [2.05, 4.69) is 5.32 Å². The molecule has 1 saturated heterocycles. The summed E-state index contributed by atoms with van der Waals surface area (Å²) in [5.41, 5.74) is 0. The van der Waals surface area contributed by atoms with Crippen molar-refractivity contribution in [2.75, 3.05) is 13.2 Å². The minimum atomic E-state index is -1.58. The molecule has 0 aromatic heterocycles. The molecule has 1 aromatic carbocycles. The average Bonchev–Trinajstić information content (AvgIpc) is 2.61. The second kappa shape index (κ2) is 6.91. The summed E-state index contributed by atoms with van der Waals surface area (Å²) in [7, 11) is 0. The minimum Gasteiger partial charge on any atom is -0.485 e. The average molecular weight is 341 g/mol. The minimum absolute atomic E-state index is 0.0373. The number of hydrogen-bond acceptors (Lipinski definition) is 8. The van der Waals surface area contributed by atoms with Crippen molar-refractivity contribution in [3.63, 3.8) is 0 Å². The quantitative estimate of drug-likeness (QED) is 0.415. The van der Waals surface area contributed by atoms with E-state index in [1.54, 1.807) is 24.3 Å². The summed E-state index contributed by atoms with van der Waals surface area (Å²) in [6.07, 6.45) is -6.66. The van der Waals surface area contributed by atoms with E-state index >= 15 is 0 Å². The number of aliphatic hydroxyl groups excluding tert-OH is 4. The lowest BCUT2D eigenvalue weighted by molar-refractivity contribution is -0.254. The number of fused-ring (bicyclic) bond motifs is 1. The largest absolute Gasteiger partial charge is 0.485 e. The van der Waals surface area contributed by atoms with Crippen LogP contribution in [0.5, 0.6) is 11.5 Å². The van der Waals surface area contributed by atoms with Crippen molar-refractivity contribution in [3.05, 3.63) is 24.3 Å². The molecule has 0 bridgehead atoms. The summed E-state index contributed by atoms with van der Waals surface area (Å²) in [6.45, 7) is -0.614. The van der Waals surface area contributed by atoms with Crippen molar-refractivity contribution < 1.29 is 39.4 Å². The third-order valence-corrected chi connectivity index (χ3v) is 4.01. The predicted molar refractivity (Wildman–Crippen MR) is 78.3 cm³/mol. The zero-order valence-electron chi connectivity index (χ0n) is 12.6. The summed E-state index contributed by atoms with van der Waals surface area (Å²) in [5, 5.41) is 41.1. The number of hydrogen-bond donors (Lipinski definition) is 5. The van der Waals surface area contributed by atoms with Crippen molar-refractivity contribution in [2.45, 2.75) is 36.7 Å². The topological polar surface area (TPSA) is 138 Å². The number of ether oxygens (including phenoxy) is 3. The van der Waals surface area contributed by atoms with Crippen LogP contribution in [0.15, 0.2) is 24.3 Å². The summed E-state index contributed by atoms with van der Waals surface area (Å²) in [5.74, 6) is 0.292. The smallest absolute Gasteiger partial charge is 0.265 e. The molecule has 3 rings (SSSR count). The van der Waals surface area contributed by atoms with Gasteiger partial charge >= 0.3 is 0 Å². The highest BCUT2D eigenvalue weighted by Crippen LogP contribution is 2.31. The normalized spacial score (nSPS) is 35.3. The van der Waals surface area contributed by atoms with Crippen molar-refractivity contribution in [1.82, 2.24) is 5.32 Å². The van der Waals surface area contributed by atoms with Gasteiger partial charge in [0, 0.05) is 0 Å². The summed E-state index contributed by atoms with van der Waals surface area (Å²) >= 11 is 0. The molecule has 2 aliphatic heterocycles. The highest BCUT2D eigenvalue weighted by molar-refractivity contribution is 5.82. The zero-order valence-corrected chi connectivity index (χ0v) is 12.6. The Balaban J connectivity index is 1.65. The maximum Gasteiger partial charge on any atom is 0.265 e. The van der Waals surface area contributed by atoms with Gasteiger partial charge in [0.25, 0.3) is 5.91 Å². The van der Waals surface area contributed by atoms with Crippen LogP contribution in [0.4, 0.5) is 0 Å². The van der Waals surface area contributed by atoms with Gasteiger partial charge in [-0.25, -0.2) is 0 Å². The molecule has 24 heavy (non-hydrogen) atoms. The molecule has 9 heteroatoms. The summed E-state index contributed by atoms with van der Waals surface area (Å²) in [4.78, 5) is 12.3. The van der Waals surface area contributed by atoms with Crippen LogP contribution >= 0.6 is 0 Å². The van der Waals surface area contributed by atoms with E-state index in [0.717, 1.165) is 0 Å². The van der Waals surface area contributed by atoms with Gasteiger partial charge < -0.3 is 40.0 Å². The number of carbonyl (C=O) groups is 1. The molecule has 5 N–H and O–H groups in total. The molecule has 2 heterocycles. The molecule has 4 unspecified atom stereocenters. The molecule has 0 aliphatic carbocycles. The molecule has 1 amide bonds. The fourth-order valence-electron chi connectivity index (χ4n) is 2.66. The lowest BCUT2D eigenvalue weighted by Crippen LogP contribution is -2.65. The second-order valence-corrected chi connectivity index (χ2v) is 5.63. The standard InChI is InChI=1S/C15H19NO8/c17-5-9-12(18)13(19)11(15(21)24-9)16-14(20)10-6-22-7-3-1-2-4-8(7)23-10/h1-4,9-13,15,17-19,21H,5-6H2,(H,16,20)/t9-,10?,11?,12?,13-,15?/m1/s1. The van der Waals surface area contributed by atoms with Crippen LogP contribution in [-0.2, 0) is 9.53 Å². The fraction of sp³-hybridized carbons (Fsp3) is 0.533. The molecule has 1 aromatic rings. The van der Waals surface area contributed by atoms with Crippen LogP contribution in [0.3, 0.4) is 0 Å². The summed E-state index contributed by atoms with van der Waals surface area (Å²) in [6, 6.07) is 5.59. The number of nitrogens with one attached hydrogen (secondary N) is 1. The first-order valence-corrected chi connectivity index (χ1v) is 7.50. The van der Waals surface area contributed by atoms with E-state index in [0.29, 0.717) is 11.5 Å². The number of benzene rings is 1. The molecule has 2 aliphatic rings. The molecule has 0 radical (unpaired) electrons. The van der Waals surface area contributed by atoms with Gasteiger partial charge in [-0.15, -0.1) is 0 Å². The van der Waals surface area contributed by atoms with Crippen LogP contribution < -0.4 is 14.8 Å². The van der Waals surface area contributed by atoms with Gasteiger partial charge in [-0.05, 0) is 12.1 Å². The van der Waals surface area contributed by atoms with Gasteiger partial charge in [0.2, 0.25) is 6.10 Å². The number of para-hydroxylation sites is 2. The van der Waals surface area contributed by atoms with E-state index < -0.39 is 49.3 Å². The Morgan fingerprint density at radius 3 is 2.58 bits per heavy atom. The summed E-state index contributed by atoms with van der Waals surface area (Å²) < 4.78 is 15.9.